The lowest BCUT2D eigenvalue weighted by Gasteiger charge is -2.33. The van der Waals surface area contributed by atoms with Crippen LogP contribution in [0.25, 0.3) is 10.9 Å². The van der Waals surface area contributed by atoms with Crippen LogP contribution in [0, 0.1) is 18.7 Å². The van der Waals surface area contributed by atoms with Crippen molar-refractivity contribution in [1.82, 2.24) is 19.9 Å². The Morgan fingerprint density at radius 2 is 1.94 bits per heavy atom. The Balaban J connectivity index is 1.47. The molecule has 8 nitrogen and oxygen atoms in total. The van der Waals surface area contributed by atoms with Crippen molar-refractivity contribution >= 4 is 34.0 Å². The summed E-state index contributed by atoms with van der Waals surface area (Å²) in [4.78, 5) is 26.0. The van der Waals surface area contributed by atoms with Crippen LogP contribution < -0.4 is 9.64 Å². The number of aromatic nitrogens is 3. The standard InChI is InChI=1S/C26H32FN7O/c1-16-13-19-20(29-16)7-8-22(25(19)27)35-26-31-23(30-17(2)14-21(28-3)18-5-6-18)15-24(32-26)34-11-9-33(4)10-12-34/h7-8,13,15,18,29H,5-6,9-12,14H2,1-4H3. The largest absolute Gasteiger partial charge is 0.421 e. The van der Waals surface area contributed by atoms with Gasteiger partial charge in [0.2, 0.25) is 0 Å². The van der Waals surface area contributed by atoms with Gasteiger partial charge in [-0.3, -0.25) is 4.99 Å². The van der Waals surface area contributed by atoms with Crippen LogP contribution in [-0.2, 0) is 0 Å². The van der Waals surface area contributed by atoms with Crippen LogP contribution in [0.2, 0.25) is 0 Å². The molecule has 1 saturated carbocycles. The fourth-order valence-corrected chi connectivity index (χ4v) is 4.49. The predicted molar refractivity (Wildman–Crippen MR) is 138 cm³/mol. The number of nitrogens with zero attached hydrogens (tertiary/aromatic N) is 6. The molecule has 2 aromatic heterocycles. The van der Waals surface area contributed by atoms with Gasteiger partial charge < -0.3 is 19.5 Å². The lowest BCUT2D eigenvalue weighted by atomic mass is 10.1. The molecule has 2 aliphatic rings. The number of ether oxygens (including phenoxy) is 1. The molecule has 5 rings (SSSR count). The first-order valence-corrected chi connectivity index (χ1v) is 12.2. The summed E-state index contributed by atoms with van der Waals surface area (Å²) in [6, 6.07) is 7.15. The van der Waals surface area contributed by atoms with E-state index in [4.69, 9.17) is 9.73 Å². The minimum absolute atomic E-state index is 0.0880. The van der Waals surface area contributed by atoms with Crippen molar-refractivity contribution in [2.45, 2.75) is 33.1 Å². The molecule has 1 N–H and O–H groups in total. The molecule has 1 saturated heterocycles. The van der Waals surface area contributed by atoms with E-state index in [1.807, 2.05) is 27.0 Å². The molecular formula is C26H32FN7O. The maximum atomic E-state index is 15.2. The van der Waals surface area contributed by atoms with Crippen LogP contribution >= 0.6 is 0 Å². The fourth-order valence-electron chi connectivity index (χ4n) is 4.49. The number of halogens is 1. The summed E-state index contributed by atoms with van der Waals surface area (Å²) in [5, 5.41) is 0.482. The number of rotatable bonds is 7. The van der Waals surface area contributed by atoms with Crippen molar-refractivity contribution in [2.24, 2.45) is 15.9 Å². The Kier molecular flexibility index (Phi) is 6.51. The van der Waals surface area contributed by atoms with E-state index in [9.17, 15) is 0 Å². The van der Waals surface area contributed by atoms with Crippen molar-refractivity contribution in [3.8, 4) is 11.8 Å². The Labute approximate surface area is 205 Å². The van der Waals surface area contributed by atoms with Crippen LogP contribution in [0.3, 0.4) is 0 Å². The van der Waals surface area contributed by atoms with Crippen molar-refractivity contribution in [2.75, 3.05) is 45.2 Å². The molecule has 2 fully saturated rings. The quantitative estimate of drug-likeness (QED) is 0.489. The summed E-state index contributed by atoms with van der Waals surface area (Å²) in [6.07, 6.45) is 3.13. The number of aliphatic imine (C=N–C) groups is 2. The zero-order valence-electron chi connectivity index (χ0n) is 20.8. The number of aryl methyl sites for hydroxylation is 1. The molecule has 0 spiro atoms. The van der Waals surface area contributed by atoms with E-state index in [1.54, 1.807) is 18.2 Å². The minimum atomic E-state index is -0.435. The van der Waals surface area contributed by atoms with E-state index in [0.29, 0.717) is 17.1 Å². The van der Waals surface area contributed by atoms with Gasteiger partial charge in [0.1, 0.15) is 5.82 Å². The number of fused-ring (bicyclic) bond motifs is 1. The van der Waals surface area contributed by atoms with Crippen molar-refractivity contribution < 1.29 is 9.13 Å². The van der Waals surface area contributed by atoms with E-state index < -0.39 is 5.82 Å². The Hall–Kier alpha value is -3.33. The van der Waals surface area contributed by atoms with E-state index in [2.05, 4.69) is 36.8 Å². The number of piperazine rings is 1. The third-order valence-corrected chi connectivity index (χ3v) is 6.62. The number of H-pyrrole nitrogens is 1. The van der Waals surface area contributed by atoms with Gasteiger partial charge in [0.15, 0.2) is 17.4 Å². The summed E-state index contributed by atoms with van der Waals surface area (Å²) in [5.74, 6) is 1.49. The highest BCUT2D eigenvalue weighted by molar-refractivity contribution is 6.05. The Morgan fingerprint density at radius 3 is 2.66 bits per heavy atom. The van der Waals surface area contributed by atoms with E-state index in [1.165, 1.54) is 18.6 Å². The van der Waals surface area contributed by atoms with Gasteiger partial charge in [-0.1, -0.05) is 0 Å². The third-order valence-electron chi connectivity index (χ3n) is 6.62. The SMILES string of the molecule is CN=C(CC(C)=Nc1cc(N2CCN(C)CC2)nc(Oc2ccc3[nH]c(C)cc3c2F)n1)C1CC1. The summed E-state index contributed by atoms with van der Waals surface area (Å²) in [6.45, 7) is 7.45. The number of nitrogens with one attached hydrogen (secondary N) is 1. The summed E-state index contributed by atoms with van der Waals surface area (Å²) >= 11 is 0. The molecule has 184 valence electrons. The van der Waals surface area contributed by atoms with Gasteiger partial charge in [-0.2, -0.15) is 9.97 Å². The van der Waals surface area contributed by atoms with Gasteiger partial charge in [0.25, 0.3) is 0 Å². The molecule has 1 aliphatic carbocycles. The lowest BCUT2D eigenvalue weighted by Crippen LogP contribution is -2.44. The van der Waals surface area contributed by atoms with Gasteiger partial charge >= 0.3 is 6.01 Å². The topological polar surface area (TPSA) is 82.0 Å². The van der Waals surface area contributed by atoms with Crippen LogP contribution in [0.15, 0.2) is 34.3 Å². The second kappa shape index (κ2) is 9.73. The zero-order valence-corrected chi connectivity index (χ0v) is 20.8. The molecule has 0 bridgehead atoms. The minimum Gasteiger partial charge on any atom is -0.421 e. The normalized spacial score (nSPS) is 17.9. The van der Waals surface area contributed by atoms with Gasteiger partial charge in [0, 0.05) is 73.7 Å². The van der Waals surface area contributed by atoms with E-state index in [-0.39, 0.29) is 11.8 Å². The fraction of sp³-hybridized carbons (Fsp3) is 0.462. The molecule has 3 heterocycles. The molecule has 0 atom stereocenters. The molecule has 0 unspecified atom stereocenters. The number of likely N-dealkylation sites (N-methyl/N-ethyl adjacent to an activating group) is 1. The second-order valence-electron chi connectivity index (χ2n) is 9.56. The molecular weight excluding hydrogens is 445 g/mol. The van der Waals surface area contributed by atoms with Crippen LogP contribution in [0.5, 0.6) is 11.8 Å². The first kappa shape index (κ1) is 23.4. The first-order chi connectivity index (χ1) is 16.9. The average molecular weight is 478 g/mol. The highest BCUT2D eigenvalue weighted by Gasteiger charge is 2.27. The van der Waals surface area contributed by atoms with Gasteiger partial charge in [-0.05, 0) is 57.9 Å². The highest BCUT2D eigenvalue weighted by atomic mass is 19.1. The smallest absolute Gasteiger partial charge is 0.326 e. The molecule has 3 aromatic rings. The first-order valence-electron chi connectivity index (χ1n) is 12.2. The molecule has 1 aromatic carbocycles. The second-order valence-corrected chi connectivity index (χ2v) is 9.56. The third kappa shape index (κ3) is 5.35. The summed E-state index contributed by atoms with van der Waals surface area (Å²) in [7, 11) is 3.96. The lowest BCUT2D eigenvalue weighted by molar-refractivity contribution is 0.311. The maximum Gasteiger partial charge on any atom is 0.326 e. The number of anilines is 1. The summed E-state index contributed by atoms with van der Waals surface area (Å²) in [5.41, 5.74) is 3.73. The molecule has 35 heavy (non-hydrogen) atoms. The number of aromatic amines is 1. The van der Waals surface area contributed by atoms with Crippen LogP contribution in [0.4, 0.5) is 16.0 Å². The van der Waals surface area contributed by atoms with Gasteiger partial charge in [0.05, 0.1) is 0 Å². The zero-order chi connectivity index (χ0) is 24.5. The molecule has 9 heteroatoms. The van der Waals surface area contributed by atoms with E-state index >= 15 is 4.39 Å². The predicted octanol–water partition coefficient (Wildman–Crippen LogP) is 4.91. The highest BCUT2D eigenvalue weighted by Crippen LogP contribution is 2.33. The van der Waals surface area contributed by atoms with Crippen LogP contribution in [0.1, 0.15) is 31.9 Å². The van der Waals surface area contributed by atoms with E-state index in [0.717, 1.165) is 55.3 Å². The number of benzene rings is 1. The Bertz CT molecular complexity index is 1290. The molecule has 1 aliphatic heterocycles. The van der Waals surface area contributed by atoms with Gasteiger partial charge in [-0.15, -0.1) is 0 Å². The number of hydrogen-bond acceptors (Lipinski definition) is 7. The van der Waals surface area contributed by atoms with Crippen molar-refractivity contribution in [3.05, 3.63) is 35.8 Å². The van der Waals surface area contributed by atoms with Crippen molar-refractivity contribution in [3.63, 3.8) is 0 Å². The molecule has 0 amide bonds. The van der Waals surface area contributed by atoms with Crippen LogP contribution in [-0.4, -0.2) is 71.5 Å². The monoisotopic (exact) mass is 477 g/mol. The molecule has 0 radical (unpaired) electrons. The summed E-state index contributed by atoms with van der Waals surface area (Å²) < 4.78 is 21.1. The van der Waals surface area contributed by atoms with Crippen molar-refractivity contribution in [1.29, 1.82) is 0 Å². The average Bonchev–Trinajstić information content (AvgIpc) is 3.60. The number of hydrogen-bond donors (Lipinski definition) is 1. The maximum absolute atomic E-state index is 15.2. The Morgan fingerprint density at radius 1 is 1.17 bits per heavy atom. The van der Waals surface area contributed by atoms with Gasteiger partial charge in [-0.25, -0.2) is 9.38 Å².